The number of allylic oxidation sites excluding steroid dienone is 4. The van der Waals surface area contributed by atoms with Crippen LogP contribution >= 0.6 is 0 Å². The van der Waals surface area contributed by atoms with Gasteiger partial charge in [-0.05, 0) is 51.0 Å². The molecular weight excluding hydrogens is 319 g/mol. The Balaban J connectivity index is 2.26. The van der Waals surface area contributed by atoms with Gasteiger partial charge in [-0.15, -0.1) is 0 Å². The molecule has 0 aromatic carbocycles. The van der Waals surface area contributed by atoms with Gasteiger partial charge in [-0.1, -0.05) is 19.9 Å². The van der Waals surface area contributed by atoms with Crippen LogP contribution in [0.3, 0.4) is 0 Å². The Morgan fingerprint density at radius 2 is 1.92 bits per heavy atom. The average Bonchev–Trinajstić information content (AvgIpc) is 2.43. The molecule has 0 saturated heterocycles. The monoisotopic (exact) mass is 350 g/mol. The lowest BCUT2D eigenvalue weighted by molar-refractivity contribution is -0.124. The van der Waals surface area contributed by atoms with E-state index in [0.717, 1.165) is 23.3 Å². The molecule has 25 heavy (non-hydrogen) atoms. The largest absolute Gasteiger partial charge is 0.385 e. The summed E-state index contributed by atoms with van der Waals surface area (Å²) >= 11 is 0. The number of carbonyl (C=O) groups excluding carboxylic acids is 2. The molecule has 140 valence electrons. The Kier molecular flexibility index (Phi) is 5.87. The molecular formula is C20H31FN2O2. The molecule has 0 aliphatic heterocycles. The minimum absolute atomic E-state index is 0.120. The maximum Gasteiger partial charge on any atom is 0.165 e. The van der Waals surface area contributed by atoms with Crippen molar-refractivity contribution in [3.05, 3.63) is 22.9 Å². The lowest BCUT2D eigenvalue weighted by Crippen LogP contribution is -2.52. The zero-order valence-electron chi connectivity index (χ0n) is 16.0. The fourth-order valence-corrected chi connectivity index (χ4v) is 4.22. The van der Waals surface area contributed by atoms with Crippen LogP contribution in [-0.2, 0) is 9.59 Å². The molecule has 0 amide bonds. The van der Waals surface area contributed by atoms with Crippen LogP contribution in [0.15, 0.2) is 22.9 Å². The number of alkyl halides is 1. The average molecular weight is 350 g/mol. The number of ketones is 2. The second-order valence-corrected chi connectivity index (χ2v) is 8.40. The molecule has 4 nitrogen and oxygen atoms in total. The van der Waals surface area contributed by atoms with E-state index in [4.69, 9.17) is 5.73 Å². The van der Waals surface area contributed by atoms with Crippen molar-refractivity contribution in [2.75, 3.05) is 0 Å². The Labute approximate surface area is 150 Å². The van der Waals surface area contributed by atoms with Crippen LogP contribution in [0.4, 0.5) is 4.39 Å². The predicted molar refractivity (Wildman–Crippen MR) is 97.7 cm³/mol. The van der Waals surface area contributed by atoms with Crippen LogP contribution in [0.1, 0.15) is 60.3 Å². The van der Waals surface area contributed by atoms with Crippen LogP contribution in [0.2, 0.25) is 0 Å². The number of rotatable bonds is 4. The van der Waals surface area contributed by atoms with Crippen LogP contribution in [0.5, 0.6) is 0 Å². The number of hydrogen-bond donors (Lipinski definition) is 2. The third-order valence-corrected chi connectivity index (χ3v) is 5.47. The summed E-state index contributed by atoms with van der Waals surface area (Å²) in [6.45, 7) is 9.40. The second kappa shape index (κ2) is 7.40. The topological polar surface area (TPSA) is 72.2 Å². The van der Waals surface area contributed by atoms with Crippen LogP contribution in [0, 0.1) is 11.3 Å². The molecule has 5 heteroatoms. The van der Waals surface area contributed by atoms with Crippen molar-refractivity contribution in [1.82, 2.24) is 5.32 Å². The predicted octanol–water partition coefficient (Wildman–Crippen LogP) is 3.22. The minimum atomic E-state index is -1.24. The van der Waals surface area contributed by atoms with Gasteiger partial charge in [0, 0.05) is 29.8 Å². The Bertz CT molecular complexity index is 609. The first kappa shape index (κ1) is 19.8. The summed E-state index contributed by atoms with van der Waals surface area (Å²) in [5.41, 5.74) is 8.52. The third kappa shape index (κ3) is 4.38. The highest BCUT2D eigenvalue weighted by molar-refractivity contribution is 6.01. The standard InChI is InChI=1S/C20H31FN2O2/c1-6-11(2)18-16(9-20(4,5)10-17(18)25)23-13-7-14(21)19(12(3)24)15(22)8-13/h6,13-15,19,23H,7-10,22H2,1-5H3/b11-6-/t13?,14?,15-,19+/m1/s1. The molecule has 2 aliphatic rings. The maximum atomic E-state index is 14.5. The molecule has 3 N–H and O–H groups in total. The van der Waals surface area contributed by atoms with Gasteiger partial charge in [0.15, 0.2) is 5.78 Å². The summed E-state index contributed by atoms with van der Waals surface area (Å²) < 4.78 is 14.5. The van der Waals surface area contributed by atoms with Gasteiger partial charge in [0.25, 0.3) is 0 Å². The van der Waals surface area contributed by atoms with E-state index in [9.17, 15) is 14.0 Å². The number of halogens is 1. The highest BCUT2D eigenvalue weighted by Crippen LogP contribution is 2.39. The van der Waals surface area contributed by atoms with Crippen molar-refractivity contribution in [3.63, 3.8) is 0 Å². The van der Waals surface area contributed by atoms with E-state index in [1.54, 1.807) is 0 Å². The zero-order valence-corrected chi connectivity index (χ0v) is 16.0. The molecule has 0 radical (unpaired) electrons. The molecule has 0 spiro atoms. The molecule has 2 rings (SSSR count). The second-order valence-electron chi connectivity index (χ2n) is 8.40. The van der Waals surface area contributed by atoms with Gasteiger partial charge in [0.05, 0.1) is 5.92 Å². The fourth-order valence-electron chi connectivity index (χ4n) is 4.22. The Morgan fingerprint density at radius 1 is 1.28 bits per heavy atom. The van der Waals surface area contributed by atoms with E-state index in [1.807, 2.05) is 19.9 Å². The smallest absolute Gasteiger partial charge is 0.165 e. The van der Waals surface area contributed by atoms with Crippen LogP contribution in [0.25, 0.3) is 0 Å². The van der Waals surface area contributed by atoms with Crippen molar-refractivity contribution in [3.8, 4) is 0 Å². The van der Waals surface area contributed by atoms with E-state index in [2.05, 4.69) is 19.2 Å². The lowest BCUT2D eigenvalue weighted by atomic mass is 9.73. The minimum Gasteiger partial charge on any atom is -0.385 e. The van der Waals surface area contributed by atoms with Gasteiger partial charge in [-0.25, -0.2) is 4.39 Å². The Morgan fingerprint density at radius 3 is 2.44 bits per heavy atom. The normalized spacial score (nSPS) is 33.4. The van der Waals surface area contributed by atoms with Gasteiger partial charge in [-0.2, -0.15) is 0 Å². The quantitative estimate of drug-likeness (QED) is 0.816. The summed E-state index contributed by atoms with van der Waals surface area (Å²) in [4.78, 5) is 24.3. The first-order valence-electron chi connectivity index (χ1n) is 9.12. The molecule has 1 fully saturated rings. The van der Waals surface area contributed by atoms with E-state index in [0.29, 0.717) is 12.8 Å². The summed E-state index contributed by atoms with van der Waals surface area (Å²) in [6, 6.07) is -0.644. The fraction of sp³-hybridized carbons (Fsp3) is 0.700. The van der Waals surface area contributed by atoms with Crippen molar-refractivity contribution in [1.29, 1.82) is 0 Å². The molecule has 2 unspecified atom stereocenters. The lowest BCUT2D eigenvalue weighted by Gasteiger charge is -2.39. The molecule has 0 bridgehead atoms. The molecule has 2 aliphatic carbocycles. The highest BCUT2D eigenvalue weighted by atomic mass is 19.1. The van der Waals surface area contributed by atoms with Gasteiger partial charge in [-0.3, -0.25) is 9.59 Å². The van der Waals surface area contributed by atoms with E-state index < -0.39 is 18.1 Å². The third-order valence-electron chi connectivity index (χ3n) is 5.47. The van der Waals surface area contributed by atoms with E-state index in [-0.39, 0.29) is 29.4 Å². The van der Waals surface area contributed by atoms with Gasteiger partial charge in [0.2, 0.25) is 0 Å². The number of nitrogens with two attached hydrogens (primary N) is 1. The highest BCUT2D eigenvalue weighted by Gasteiger charge is 2.40. The molecule has 4 atom stereocenters. The van der Waals surface area contributed by atoms with Gasteiger partial charge >= 0.3 is 0 Å². The van der Waals surface area contributed by atoms with Crippen molar-refractivity contribution < 1.29 is 14.0 Å². The molecule has 1 saturated carbocycles. The van der Waals surface area contributed by atoms with Crippen molar-refractivity contribution >= 4 is 11.6 Å². The number of carbonyl (C=O) groups is 2. The van der Waals surface area contributed by atoms with Gasteiger partial charge < -0.3 is 11.1 Å². The number of Topliss-reactive ketones (excluding diaryl/α,β-unsaturated/α-hetero) is 2. The van der Waals surface area contributed by atoms with Crippen LogP contribution < -0.4 is 11.1 Å². The van der Waals surface area contributed by atoms with Crippen molar-refractivity contribution in [2.24, 2.45) is 17.1 Å². The summed E-state index contributed by atoms with van der Waals surface area (Å²) in [5.74, 6) is -0.766. The molecule has 0 aromatic rings. The van der Waals surface area contributed by atoms with E-state index in [1.165, 1.54) is 6.92 Å². The van der Waals surface area contributed by atoms with Crippen LogP contribution in [-0.4, -0.2) is 29.8 Å². The summed E-state index contributed by atoms with van der Waals surface area (Å²) in [6.07, 6.45) is 2.74. The summed E-state index contributed by atoms with van der Waals surface area (Å²) in [7, 11) is 0. The molecule has 0 heterocycles. The van der Waals surface area contributed by atoms with E-state index >= 15 is 0 Å². The van der Waals surface area contributed by atoms with Crippen molar-refractivity contribution in [2.45, 2.75) is 78.6 Å². The number of hydrogen-bond acceptors (Lipinski definition) is 4. The number of nitrogens with one attached hydrogen (secondary N) is 1. The first-order valence-corrected chi connectivity index (χ1v) is 9.12. The first-order chi connectivity index (χ1) is 11.6. The Hall–Kier alpha value is -1.49. The SMILES string of the molecule is C/C=C(/C)C1=C(NC2CC(F)[C@H](C(C)=O)[C@H](N)C2)CC(C)(C)CC1=O. The molecule has 0 aromatic heterocycles. The van der Waals surface area contributed by atoms with Gasteiger partial charge in [0.1, 0.15) is 12.0 Å². The zero-order chi connectivity index (χ0) is 18.9. The maximum absolute atomic E-state index is 14.5. The summed E-state index contributed by atoms with van der Waals surface area (Å²) in [5, 5.41) is 3.42.